The van der Waals surface area contributed by atoms with Crippen LogP contribution in [-0.4, -0.2) is 12.2 Å². The summed E-state index contributed by atoms with van der Waals surface area (Å²) < 4.78 is 11.6. The summed E-state index contributed by atoms with van der Waals surface area (Å²) in [6.45, 7) is -0.135. The summed E-state index contributed by atoms with van der Waals surface area (Å²) in [4.78, 5) is 0. The van der Waals surface area contributed by atoms with E-state index in [4.69, 9.17) is 21.1 Å². The molecule has 1 N–H and O–H groups in total. The molecule has 0 unspecified atom stereocenters. The second-order valence-corrected chi connectivity index (χ2v) is 5.05. The number of methoxy groups -OCH3 is 1. The largest absolute Gasteiger partial charge is 0.497 e. The Morgan fingerprint density at radius 1 is 1.26 bits per heavy atom. The molecular weight excluding hydrogens is 332 g/mol. The Balaban J connectivity index is 2.36. The van der Waals surface area contributed by atoms with Crippen LogP contribution in [0.2, 0.25) is 5.02 Å². The molecule has 0 aromatic heterocycles. The maximum Gasteiger partial charge on any atom is 0.151 e. The van der Waals surface area contributed by atoms with E-state index in [2.05, 4.69) is 15.9 Å². The summed E-state index contributed by atoms with van der Waals surface area (Å²) in [5.74, 6) is 1.78. The maximum absolute atomic E-state index is 9.30. The van der Waals surface area contributed by atoms with Crippen molar-refractivity contribution in [1.82, 2.24) is 0 Å². The van der Waals surface area contributed by atoms with Crippen molar-refractivity contribution in [2.24, 2.45) is 0 Å². The third kappa shape index (κ3) is 3.21. The molecule has 19 heavy (non-hydrogen) atoms. The Morgan fingerprint density at radius 3 is 2.68 bits per heavy atom. The Bertz CT molecular complexity index is 587. The van der Waals surface area contributed by atoms with Crippen LogP contribution in [0.4, 0.5) is 0 Å². The lowest BCUT2D eigenvalue weighted by atomic mass is 10.2. The van der Waals surface area contributed by atoms with Gasteiger partial charge in [0.25, 0.3) is 0 Å². The summed E-state index contributed by atoms with van der Waals surface area (Å²) in [5, 5.41) is 9.76. The van der Waals surface area contributed by atoms with Crippen LogP contribution in [0.25, 0.3) is 0 Å². The van der Waals surface area contributed by atoms with Gasteiger partial charge in [0.15, 0.2) is 5.75 Å². The third-order valence-corrected chi connectivity index (χ3v) is 3.49. The third-order valence-electron chi connectivity index (χ3n) is 2.57. The Hall–Kier alpha value is -1.23. The van der Waals surface area contributed by atoms with Crippen LogP contribution in [0.15, 0.2) is 40.9 Å². The highest BCUT2D eigenvalue weighted by molar-refractivity contribution is 9.10. The quantitative estimate of drug-likeness (QED) is 0.894. The average molecular weight is 344 g/mol. The second kappa shape index (κ2) is 6.28. The number of hydrogen-bond acceptors (Lipinski definition) is 3. The Morgan fingerprint density at radius 2 is 2.05 bits per heavy atom. The van der Waals surface area contributed by atoms with Crippen LogP contribution in [0.3, 0.4) is 0 Å². The first-order chi connectivity index (χ1) is 9.15. The molecule has 0 aliphatic carbocycles. The molecule has 2 aromatic carbocycles. The van der Waals surface area contributed by atoms with E-state index in [1.807, 2.05) is 0 Å². The number of hydrogen-bond donors (Lipinski definition) is 1. The average Bonchev–Trinajstić information content (AvgIpc) is 2.42. The van der Waals surface area contributed by atoms with Crippen LogP contribution < -0.4 is 9.47 Å². The minimum Gasteiger partial charge on any atom is -0.497 e. The zero-order valence-electron chi connectivity index (χ0n) is 10.2. The number of halogens is 2. The zero-order chi connectivity index (χ0) is 13.8. The van der Waals surface area contributed by atoms with Gasteiger partial charge in [-0.2, -0.15) is 0 Å². The van der Waals surface area contributed by atoms with E-state index in [9.17, 15) is 5.11 Å². The lowest BCUT2D eigenvalue weighted by molar-refractivity contribution is 0.276. The molecule has 0 bridgehead atoms. The molecule has 0 saturated heterocycles. The van der Waals surface area contributed by atoms with Crippen molar-refractivity contribution >= 4 is 27.5 Å². The molecule has 0 aliphatic rings. The first-order valence-electron chi connectivity index (χ1n) is 5.55. The number of rotatable bonds is 4. The molecule has 0 aliphatic heterocycles. The summed E-state index contributed by atoms with van der Waals surface area (Å²) >= 11 is 9.50. The molecule has 0 atom stereocenters. The van der Waals surface area contributed by atoms with E-state index in [0.29, 0.717) is 22.1 Å². The highest BCUT2D eigenvalue weighted by atomic mass is 79.9. The summed E-state index contributed by atoms with van der Waals surface area (Å²) in [6, 6.07) is 10.6. The fourth-order valence-corrected chi connectivity index (χ4v) is 2.26. The smallest absolute Gasteiger partial charge is 0.151 e. The van der Waals surface area contributed by atoms with E-state index in [0.717, 1.165) is 10.2 Å². The van der Waals surface area contributed by atoms with Crippen LogP contribution in [0, 0.1) is 0 Å². The molecule has 100 valence electrons. The minimum absolute atomic E-state index is 0.135. The number of aliphatic hydroxyl groups excluding tert-OH is 1. The molecule has 0 amide bonds. The van der Waals surface area contributed by atoms with Gasteiger partial charge in [-0.25, -0.2) is 0 Å². The van der Waals surface area contributed by atoms with Gasteiger partial charge in [-0.05, 0) is 40.2 Å². The molecule has 2 rings (SSSR count). The van der Waals surface area contributed by atoms with Gasteiger partial charge in [0, 0.05) is 5.56 Å². The van der Waals surface area contributed by atoms with Gasteiger partial charge in [-0.15, -0.1) is 0 Å². The summed E-state index contributed by atoms with van der Waals surface area (Å²) in [5.41, 5.74) is 0.634. The lowest BCUT2D eigenvalue weighted by Gasteiger charge is -2.13. The number of ether oxygens (including phenoxy) is 2. The normalized spacial score (nSPS) is 10.3. The highest BCUT2D eigenvalue weighted by Gasteiger charge is 2.11. The van der Waals surface area contributed by atoms with Gasteiger partial charge in [0.2, 0.25) is 0 Å². The van der Waals surface area contributed by atoms with Gasteiger partial charge in [0.1, 0.15) is 11.5 Å². The predicted octanol–water partition coefficient (Wildman–Crippen LogP) is 4.40. The van der Waals surface area contributed by atoms with Gasteiger partial charge < -0.3 is 14.6 Å². The monoisotopic (exact) mass is 342 g/mol. The fraction of sp³-hybridized carbons (Fsp3) is 0.143. The van der Waals surface area contributed by atoms with Crippen molar-refractivity contribution in [2.45, 2.75) is 6.61 Å². The van der Waals surface area contributed by atoms with Gasteiger partial charge >= 0.3 is 0 Å². The van der Waals surface area contributed by atoms with E-state index >= 15 is 0 Å². The molecule has 0 spiro atoms. The number of para-hydroxylation sites is 1. The molecular formula is C14H12BrClO3. The number of benzene rings is 2. The standard InChI is InChI=1S/C14H12BrClO3/c1-18-10-5-6-13(11(15)7-10)19-14-9(8-17)3-2-4-12(14)16/h2-7,17H,8H2,1H3. The van der Waals surface area contributed by atoms with Crippen molar-refractivity contribution in [3.63, 3.8) is 0 Å². The summed E-state index contributed by atoms with van der Waals surface area (Å²) in [6.07, 6.45) is 0. The van der Waals surface area contributed by atoms with Crippen molar-refractivity contribution < 1.29 is 14.6 Å². The highest BCUT2D eigenvalue weighted by Crippen LogP contribution is 2.37. The van der Waals surface area contributed by atoms with E-state index < -0.39 is 0 Å². The lowest BCUT2D eigenvalue weighted by Crippen LogP contribution is -1.93. The number of aliphatic hydroxyl groups is 1. The Kier molecular flexibility index (Phi) is 4.69. The molecule has 3 nitrogen and oxygen atoms in total. The van der Waals surface area contributed by atoms with Crippen LogP contribution in [-0.2, 0) is 6.61 Å². The second-order valence-electron chi connectivity index (χ2n) is 3.78. The fourth-order valence-electron chi connectivity index (χ4n) is 1.59. The SMILES string of the molecule is COc1ccc(Oc2c(Cl)cccc2CO)c(Br)c1. The van der Waals surface area contributed by atoms with Crippen LogP contribution in [0.1, 0.15) is 5.56 Å². The molecule has 5 heteroatoms. The minimum atomic E-state index is -0.135. The van der Waals surface area contributed by atoms with Crippen LogP contribution >= 0.6 is 27.5 Å². The maximum atomic E-state index is 9.30. The van der Waals surface area contributed by atoms with E-state index in [-0.39, 0.29) is 6.61 Å². The van der Waals surface area contributed by atoms with Crippen molar-refractivity contribution in [3.05, 3.63) is 51.5 Å². The predicted molar refractivity (Wildman–Crippen MR) is 78.1 cm³/mol. The zero-order valence-corrected chi connectivity index (χ0v) is 12.5. The van der Waals surface area contributed by atoms with E-state index in [1.54, 1.807) is 43.5 Å². The van der Waals surface area contributed by atoms with Gasteiger partial charge in [0.05, 0.1) is 23.2 Å². The van der Waals surface area contributed by atoms with Gasteiger partial charge in [-0.1, -0.05) is 23.7 Å². The topological polar surface area (TPSA) is 38.7 Å². The Labute approximate surface area is 124 Å². The van der Waals surface area contributed by atoms with Gasteiger partial charge in [-0.3, -0.25) is 0 Å². The summed E-state index contributed by atoms with van der Waals surface area (Å²) in [7, 11) is 1.60. The molecule has 0 radical (unpaired) electrons. The first kappa shape index (κ1) is 14.2. The first-order valence-corrected chi connectivity index (χ1v) is 6.72. The van der Waals surface area contributed by atoms with Crippen LogP contribution in [0.5, 0.6) is 17.2 Å². The molecule has 0 fully saturated rings. The van der Waals surface area contributed by atoms with Crippen molar-refractivity contribution in [2.75, 3.05) is 7.11 Å². The molecule has 2 aromatic rings. The van der Waals surface area contributed by atoms with Crippen molar-refractivity contribution in [3.8, 4) is 17.2 Å². The van der Waals surface area contributed by atoms with E-state index in [1.165, 1.54) is 0 Å². The van der Waals surface area contributed by atoms with Crippen molar-refractivity contribution in [1.29, 1.82) is 0 Å². The molecule has 0 saturated carbocycles. The molecule has 0 heterocycles.